The molecule has 1 saturated heterocycles. The Labute approximate surface area is 163 Å². The number of carbonyl (C=O) groups is 1. The van der Waals surface area contributed by atoms with E-state index in [1.807, 2.05) is 49.1 Å². The fraction of sp³-hybridized carbons (Fsp3) is 0.381. The van der Waals surface area contributed by atoms with Gasteiger partial charge in [-0.05, 0) is 51.0 Å². The summed E-state index contributed by atoms with van der Waals surface area (Å²) in [4.78, 5) is 26.7. The molecule has 0 bridgehead atoms. The molecule has 1 atom stereocenters. The van der Waals surface area contributed by atoms with Gasteiger partial charge in [0, 0.05) is 34.9 Å². The molecule has 1 aromatic carbocycles. The molecule has 7 nitrogen and oxygen atoms in total. The third-order valence-electron chi connectivity index (χ3n) is 4.96. The number of hydrogen-bond acceptors (Lipinski definition) is 5. The van der Waals surface area contributed by atoms with Gasteiger partial charge in [0.25, 0.3) is 5.91 Å². The Kier molecular flexibility index (Phi) is 4.90. The first-order valence-electron chi connectivity index (χ1n) is 9.47. The maximum absolute atomic E-state index is 13.0. The lowest BCUT2D eigenvalue weighted by molar-refractivity contribution is 0.0510. The van der Waals surface area contributed by atoms with Crippen LogP contribution in [0, 0.1) is 13.8 Å². The minimum absolute atomic E-state index is 0.0233. The molecule has 0 spiro atoms. The van der Waals surface area contributed by atoms with Crippen molar-refractivity contribution in [3.05, 3.63) is 47.4 Å². The molecule has 4 rings (SSSR count). The van der Waals surface area contributed by atoms with E-state index in [1.165, 1.54) is 0 Å². The molecule has 0 aliphatic carbocycles. The number of amides is 1. The second-order valence-electron chi connectivity index (χ2n) is 7.20. The summed E-state index contributed by atoms with van der Waals surface area (Å²) in [7, 11) is 1.63. The first kappa shape index (κ1) is 18.3. The Balaban J connectivity index is 1.48. The number of likely N-dealkylation sites (tertiary alicyclic amines) is 1. The van der Waals surface area contributed by atoms with Crippen LogP contribution < -0.4 is 9.47 Å². The summed E-state index contributed by atoms with van der Waals surface area (Å²) in [5, 5.41) is 0.984. The minimum atomic E-state index is -0.108. The lowest BCUT2D eigenvalue weighted by Crippen LogP contribution is -2.44. The average molecular weight is 380 g/mol. The number of aromatic amines is 1. The molecule has 1 amide bonds. The predicted molar refractivity (Wildman–Crippen MR) is 106 cm³/mol. The number of methoxy groups -OCH3 is 1. The van der Waals surface area contributed by atoms with Crippen LogP contribution in [-0.4, -0.2) is 52.1 Å². The van der Waals surface area contributed by atoms with Crippen LogP contribution in [0.5, 0.6) is 11.8 Å². The number of H-pyrrole nitrogens is 1. The smallest absolute Gasteiger partial charge is 0.317 e. The van der Waals surface area contributed by atoms with Crippen LogP contribution in [0.2, 0.25) is 0 Å². The molecule has 146 valence electrons. The number of benzene rings is 1. The molecule has 0 saturated carbocycles. The van der Waals surface area contributed by atoms with Crippen LogP contribution in [-0.2, 0) is 0 Å². The van der Waals surface area contributed by atoms with Crippen LogP contribution in [0.3, 0.4) is 0 Å². The van der Waals surface area contributed by atoms with Crippen molar-refractivity contribution in [3.63, 3.8) is 0 Å². The van der Waals surface area contributed by atoms with E-state index in [-0.39, 0.29) is 12.0 Å². The van der Waals surface area contributed by atoms with Crippen molar-refractivity contribution in [2.24, 2.45) is 0 Å². The van der Waals surface area contributed by atoms with Crippen LogP contribution in [0.1, 0.15) is 34.7 Å². The van der Waals surface area contributed by atoms with Gasteiger partial charge in [-0.1, -0.05) is 0 Å². The third kappa shape index (κ3) is 3.78. The largest absolute Gasteiger partial charge is 0.497 e. The predicted octanol–water partition coefficient (Wildman–Crippen LogP) is 3.27. The molecule has 1 N–H and O–H groups in total. The zero-order chi connectivity index (χ0) is 19.7. The van der Waals surface area contributed by atoms with E-state index in [4.69, 9.17) is 9.47 Å². The van der Waals surface area contributed by atoms with E-state index >= 15 is 0 Å². The highest BCUT2D eigenvalue weighted by atomic mass is 16.5. The Bertz CT molecular complexity index is 994. The number of hydrogen-bond donors (Lipinski definition) is 1. The summed E-state index contributed by atoms with van der Waals surface area (Å²) in [5.41, 5.74) is 3.21. The summed E-state index contributed by atoms with van der Waals surface area (Å²) in [5.74, 6) is 0.734. The van der Waals surface area contributed by atoms with E-state index in [9.17, 15) is 4.79 Å². The normalized spacial score (nSPS) is 17.0. The van der Waals surface area contributed by atoms with Crippen molar-refractivity contribution < 1.29 is 14.3 Å². The summed E-state index contributed by atoms with van der Waals surface area (Å²) in [6.07, 6.45) is 1.66. The van der Waals surface area contributed by atoms with Crippen LogP contribution in [0.25, 0.3) is 10.9 Å². The summed E-state index contributed by atoms with van der Waals surface area (Å²) in [6, 6.07) is 9.91. The molecule has 3 aromatic rings. The Morgan fingerprint density at radius 2 is 1.96 bits per heavy atom. The standard InChI is InChI=1S/C21H24N4O3/c1-13-9-14(2)23-21(22-13)28-17-5-4-8-25(12-17)20(26)19-10-15-6-7-16(27-3)11-18(15)24-19/h6-7,9-11,17,24H,4-5,8,12H2,1-3H3. The summed E-state index contributed by atoms with van der Waals surface area (Å²) in [6.45, 7) is 5.07. The van der Waals surface area contributed by atoms with Gasteiger partial charge < -0.3 is 19.4 Å². The van der Waals surface area contributed by atoms with Gasteiger partial charge >= 0.3 is 6.01 Å². The highest BCUT2D eigenvalue weighted by Crippen LogP contribution is 2.23. The number of aromatic nitrogens is 3. The zero-order valence-corrected chi connectivity index (χ0v) is 16.4. The minimum Gasteiger partial charge on any atom is -0.497 e. The Morgan fingerprint density at radius 1 is 1.18 bits per heavy atom. The van der Waals surface area contributed by atoms with E-state index in [0.717, 1.165) is 40.9 Å². The number of ether oxygens (including phenoxy) is 2. The fourth-order valence-corrected chi connectivity index (χ4v) is 3.63. The second kappa shape index (κ2) is 7.50. The zero-order valence-electron chi connectivity index (χ0n) is 16.4. The van der Waals surface area contributed by atoms with Crippen molar-refractivity contribution in [2.45, 2.75) is 32.8 Å². The van der Waals surface area contributed by atoms with Crippen molar-refractivity contribution in [2.75, 3.05) is 20.2 Å². The van der Waals surface area contributed by atoms with Crippen molar-refractivity contribution in [1.29, 1.82) is 0 Å². The Morgan fingerprint density at radius 3 is 2.71 bits per heavy atom. The number of piperidine rings is 1. The molecule has 1 unspecified atom stereocenters. The van der Waals surface area contributed by atoms with Crippen molar-refractivity contribution in [1.82, 2.24) is 19.9 Å². The van der Waals surface area contributed by atoms with Crippen molar-refractivity contribution >= 4 is 16.8 Å². The molecule has 1 aliphatic heterocycles. The monoisotopic (exact) mass is 380 g/mol. The number of rotatable bonds is 4. The van der Waals surface area contributed by atoms with Gasteiger partial charge in [0.1, 0.15) is 17.5 Å². The quantitative estimate of drug-likeness (QED) is 0.751. The van der Waals surface area contributed by atoms with Gasteiger partial charge in [-0.2, -0.15) is 0 Å². The number of aryl methyl sites for hydroxylation is 2. The summed E-state index contributed by atoms with van der Waals surface area (Å²) >= 11 is 0. The molecule has 7 heteroatoms. The first-order valence-corrected chi connectivity index (χ1v) is 9.47. The molecule has 0 radical (unpaired) electrons. The molecular weight excluding hydrogens is 356 g/mol. The highest BCUT2D eigenvalue weighted by molar-refractivity contribution is 5.98. The van der Waals surface area contributed by atoms with E-state index < -0.39 is 0 Å². The van der Waals surface area contributed by atoms with E-state index in [1.54, 1.807) is 7.11 Å². The van der Waals surface area contributed by atoms with Crippen LogP contribution >= 0.6 is 0 Å². The molecule has 3 heterocycles. The van der Waals surface area contributed by atoms with Gasteiger partial charge in [0.15, 0.2) is 0 Å². The molecule has 1 aliphatic rings. The number of carbonyl (C=O) groups excluding carboxylic acids is 1. The van der Waals surface area contributed by atoms with Gasteiger partial charge in [0.2, 0.25) is 0 Å². The average Bonchev–Trinajstić information content (AvgIpc) is 3.10. The topological polar surface area (TPSA) is 80.3 Å². The lowest BCUT2D eigenvalue weighted by Gasteiger charge is -2.32. The maximum Gasteiger partial charge on any atom is 0.317 e. The number of nitrogens with zero attached hydrogens (tertiary/aromatic N) is 3. The molecule has 1 fully saturated rings. The van der Waals surface area contributed by atoms with Crippen LogP contribution in [0.15, 0.2) is 30.3 Å². The van der Waals surface area contributed by atoms with Crippen LogP contribution in [0.4, 0.5) is 0 Å². The van der Waals surface area contributed by atoms with E-state index in [0.29, 0.717) is 24.8 Å². The third-order valence-corrected chi connectivity index (χ3v) is 4.96. The van der Waals surface area contributed by atoms with Gasteiger partial charge in [-0.25, -0.2) is 9.97 Å². The first-order chi connectivity index (χ1) is 13.5. The molecular formula is C21H24N4O3. The fourth-order valence-electron chi connectivity index (χ4n) is 3.63. The van der Waals surface area contributed by atoms with Gasteiger partial charge in [0.05, 0.1) is 13.7 Å². The lowest BCUT2D eigenvalue weighted by atomic mass is 10.1. The van der Waals surface area contributed by atoms with E-state index in [2.05, 4.69) is 15.0 Å². The van der Waals surface area contributed by atoms with Gasteiger partial charge in [-0.3, -0.25) is 4.79 Å². The SMILES string of the molecule is COc1ccc2cc(C(=O)N3CCCC(Oc4nc(C)cc(C)n4)C3)[nH]c2c1. The highest BCUT2D eigenvalue weighted by Gasteiger charge is 2.27. The van der Waals surface area contributed by atoms with Crippen molar-refractivity contribution in [3.8, 4) is 11.8 Å². The summed E-state index contributed by atoms with van der Waals surface area (Å²) < 4.78 is 11.2. The van der Waals surface area contributed by atoms with Gasteiger partial charge in [-0.15, -0.1) is 0 Å². The molecule has 2 aromatic heterocycles. The number of nitrogens with one attached hydrogen (secondary N) is 1. The molecule has 28 heavy (non-hydrogen) atoms. The Hall–Kier alpha value is -3.09. The maximum atomic E-state index is 13.0. The number of fused-ring (bicyclic) bond motifs is 1. The second-order valence-corrected chi connectivity index (χ2v) is 7.20.